The number of terminal acetylenes is 1. The number of rotatable bonds is 4. The van der Waals surface area contributed by atoms with Gasteiger partial charge in [-0.25, -0.2) is 0 Å². The molecule has 0 aromatic heterocycles. The summed E-state index contributed by atoms with van der Waals surface area (Å²) in [4.78, 5) is 13.6. The zero-order valence-electron chi connectivity index (χ0n) is 9.86. The first-order valence-corrected chi connectivity index (χ1v) is 5.49. The molecule has 1 aromatic rings. The number of nitrogens with zero attached hydrogens (tertiary/aromatic N) is 1. The lowest BCUT2D eigenvalue weighted by Gasteiger charge is -2.21. The van der Waals surface area contributed by atoms with E-state index in [0.717, 1.165) is 11.3 Å². The van der Waals surface area contributed by atoms with Gasteiger partial charge in [0.2, 0.25) is 5.91 Å². The molecule has 0 aliphatic carbocycles. The van der Waals surface area contributed by atoms with E-state index in [1.165, 1.54) is 0 Å². The van der Waals surface area contributed by atoms with Crippen molar-refractivity contribution in [2.24, 2.45) is 0 Å². The number of amides is 1. The zero-order chi connectivity index (χ0) is 12.0. The summed E-state index contributed by atoms with van der Waals surface area (Å²) in [5, 5.41) is 0. The molecule has 2 nitrogen and oxygen atoms in total. The van der Waals surface area contributed by atoms with E-state index in [1.54, 1.807) is 4.90 Å². The van der Waals surface area contributed by atoms with Crippen LogP contribution in [0.15, 0.2) is 24.3 Å². The van der Waals surface area contributed by atoms with Gasteiger partial charge < -0.3 is 4.90 Å². The summed E-state index contributed by atoms with van der Waals surface area (Å²) in [6.45, 7) is 4.66. The standard InChI is InChI=1S/C14H17NO/c1-4-6-10-14(16)15(5-2)13-9-7-8-12(3)11-13/h1,7-9,11H,5-6,10H2,2-3H3. The summed E-state index contributed by atoms with van der Waals surface area (Å²) in [7, 11) is 0. The molecular formula is C14H17NO. The van der Waals surface area contributed by atoms with Crippen LogP contribution in [0.2, 0.25) is 0 Å². The van der Waals surface area contributed by atoms with Crippen molar-refractivity contribution in [3.05, 3.63) is 29.8 Å². The van der Waals surface area contributed by atoms with E-state index in [0.29, 0.717) is 19.4 Å². The van der Waals surface area contributed by atoms with Crippen molar-refractivity contribution in [3.63, 3.8) is 0 Å². The summed E-state index contributed by atoms with van der Waals surface area (Å²) in [5.74, 6) is 2.58. The zero-order valence-corrected chi connectivity index (χ0v) is 9.86. The van der Waals surface area contributed by atoms with Crippen LogP contribution in [0, 0.1) is 19.3 Å². The Bertz CT molecular complexity index is 403. The smallest absolute Gasteiger partial charge is 0.227 e. The maximum atomic E-state index is 11.9. The number of hydrogen-bond acceptors (Lipinski definition) is 1. The van der Waals surface area contributed by atoms with E-state index in [4.69, 9.17) is 6.42 Å². The second-order valence-corrected chi connectivity index (χ2v) is 3.68. The quantitative estimate of drug-likeness (QED) is 0.707. The minimum absolute atomic E-state index is 0.0889. The number of carbonyl (C=O) groups excluding carboxylic acids is 1. The molecule has 0 heterocycles. The fourth-order valence-corrected chi connectivity index (χ4v) is 1.61. The minimum atomic E-state index is 0.0889. The van der Waals surface area contributed by atoms with Crippen LogP contribution in [0.25, 0.3) is 0 Å². The van der Waals surface area contributed by atoms with E-state index in [1.807, 2.05) is 38.1 Å². The molecule has 1 amide bonds. The minimum Gasteiger partial charge on any atom is -0.313 e. The largest absolute Gasteiger partial charge is 0.313 e. The molecule has 0 radical (unpaired) electrons. The average Bonchev–Trinajstić information content (AvgIpc) is 2.27. The average molecular weight is 215 g/mol. The van der Waals surface area contributed by atoms with Crippen LogP contribution in [0.4, 0.5) is 5.69 Å². The Morgan fingerprint density at radius 3 is 2.81 bits per heavy atom. The van der Waals surface area contributed by atoms with Gasteiger partial charge >= 0.3 is 0 Å². The van der Waals surface area contributed by atoms with Crippen molar-refractivity contribution in [1.82, 2.24) is 0 Å². The summed E-state index contributed by atoms with van der Waals surface area (Å²) in [6.07, 6.45) is 6.08. The molecule has 0 saturated heterocycles. The first-order valence-electron chi connectivity index (χ1n) is 5.49. The summed E-state index contributed by atoms with van der Waals surface area (Å²) in [5.41, 5.74) is 2.10. The monoisotopic (exact) mass is 215 g/mol. The highest BCUT2D eigenvalue weighted by atomic mass is 16.2. The first kappa shape index (κ1) is 12.3. The molecule has 1 rings (SSSR count). The summed E-state index contributed by atoms with van der Waals surface area (Å²) >= 11 is 0. The third-order valence-corrected chi connectivity index (χ3v) is 2.41. The van der Waals surface area contributed by atoms with E-state index >= 15 is 0 Å². The van der Waals surface area contributed by atoms with Crippen molar-refractivity contribution < 1.29 is 4.79 Å². The summed E-state index contributed by atoms with van der Waals surface area (Å²) in [6, 6.07) is 7.94. The van der Waals surface area contributed by atoms with Crippen LogP contribution < -0.4 is 4.90 Å². The Labute approximate surface area is 97.3 Å². The van der Waals surface area contributed by atoms with Crippen LogP contribution in [0.5, 0.6) is 0 Å². The third-order valence-electron chi connectivity index (χ3n) is 2.41. The van der Waals surface area contributed by atoms with E-state index < -0.39 is 0 Å². The van der Waals surface area contributed by atoms with Crippen molar-refractivity contribution in [2.45, 2.75) is 26.7 Å². The molecule has 0 aliphatic heterocycles. The van der Waals surface area contributed by atoms with Crippen LogP contribution in [-0.4, -0.2) is 12.5 Å². The Morgan fingerprint density at radius 2 is 2.25 bits per heavy atom. The van der Waals surface area contributed by atoms with Crippen molar-refractivity contribution in [2.75, 3.05) is 11.4 Å². The van der Waals surface area contributed by atoms with E-state index in [-0.39, 0.29) is 5.91 Å². The van der Waals surface area contributed by atoms with Gasteiger partial charge in [-0.15, -0.1) is 12.3 Å². The van der Waals surface area contributed by atoms with Gasteiger partial charge in [-0.1, -0.05) is 12.1 Å². The van der Waals surface area contributed by atoms with E-state index in [9.17, 15) is 4.79 Å². The van der Waals surface area contributed by atoms with Crippen LogP contribution in [-0.2, 0) is 4.79 Å². The maximum Gasteiger partial charge on any atom is 0.227 e. The lowest BCUT2D eigenvalue weighted by molar-refractivity contribution is -0.118. The second kappa shape index (κ2) is 5.97. The van der Waals surface area contributed by atoms with Gasteiger partial charge in [0, 0.05) is 25.1 Å². The molecule has 0 fully saturated rings. The predicted octanol–water partition coefficient (Wildman–Crippen LogP) is 2.76. The van der Waals surface area contributed by atoms with Crippen LogP contribution >= 0.6 is 0 Å². The van der Waals surface area contributed by atoms with Gasteiger partial charge in [0.25, 0.3) is 0 Å². The Hall–Kier alpha value is -1.75. The fraction of sp³-hybridized carbons (Fsp3) is 0.357. The number of aryl methyl sites for hydroxylation is 1. The molecule has 0 bridgehead atoms. The molecule has 0 unspecified atom stereocenters. The van der Waals surface area contributed by atoms with Gasteiger partial charge in [0.15, 0.2) is 0 Å². The third kappa shape index (κ3) is 3.13. The number of hydrogen-bond donors (Lipinski definition) is 0. The van der Waals surface area contributed by atoms with Crippen molar-refractivity contribution in [1.29, 1.82) is 0 Å². The topological polar surface area (TPSA) is 20.3 Å². The van der Waals surface area contributed by atoms with Gasteiger partial charge in [0.05, 0.1) is 0 Å². The highest BCUT2D eigenvalue weighted by Gasteiger charge is 2.12. The fourth-order valence-electron chi connectivity index (χ4n) is 1.61. The molecule has 0 saturated carbocycles. The Balaban J connectivity index is 2.82. The highest BCUT2D eigenvalue weighted by molar-refractivity contribution is 5.93. The molecule has 16 heavy (non-hydrogen) atoms. The molecular weight excluding hydrogens is 198 g/mol. The molecule has 0 aliphatic rings. The van der Waals surface area contributed by atoms with Crippen LogP contribution in [0.3, 0.4) is 0 Å². The molecule has 2 heteroatoms. The molecule has 1 aromatic carbocycles. The molecule has 84 valence electrons. The summed E-state index contributed by atoms with van der Waals surface area (Å²) < 4.78 is 0. The normalized spacial score (nSPS) is 9.56. The van der Waals surface area contributed by atoms with Gasteiger partial charge in [-0.05, 0) is 31.5 Å². The number of anilines is 1. The van der Waals surface area contributed by atoms with Crippen molar-refractivity contribution >= 4 is 11.6 Å². The Kier molecular flexibility index (Phi) is 4.60. The van der Waals surface area contributed by atoms with Gasteiger partial charge in [-0.2, -0.15) is 0 Å². The SMILES string of the molecule is C#CCCC(=O)N(CC)c1cccc(C)c1. The van der Waals surface area contributed by atoms with Crippen molar-refractivity contribution in [3.8, 4) is 12.3 Å². The lowest BCUT2D eigenvalue weighted by atomic mass is 10.2. The first-order chi connectivity index (χ1) is 7.69. The number of carbonyl (C=O) groups is 1. The lowest BCUT2D eigenvalue weighted by Crippen LogP contribution is -2.30. The van der Waals surface area contributed by atoms with Gasteiger partial charge in [0.1, 0.15) is 0 Å². The predicted molar refractivity (Wildman–Crippen MR) is 67.3 cm³/mol. The number of benzene rings is 1. The Morgan fingerprint density at radius 1 is 1.50 bits per heavy atom. The highest BCUT2D eigenvalue weighted by Crippen LogP contribution is 2.16. The van der Waals surface area contributed by atoms with Crippen LogP contribution in [0.1, 0.15) is 25.3 Å². The van der Waals surface area contributed by atoms with E-state index in [2.05, 4.69) is 5.92 Å². The molecule has 0 N–H and O–H groups in total. The van der Waals surface area contributed by atoms with Gasteiger partial charge in [-0.3, -0.25) is 4.79 Å². The maximum absolute atomic E-state index is 11.9. The molecule has 0 spiro atoms. The molecule has 0 atom stereocenters. The second-order valence-electron chi connectivity index (χ2n) is 3.68.